The lowest BCUT2D eigenvalue weighted by Crippen LogP contribution is -2.50. The van der Waals surface area contributed by atoms with Crippen molar-refractivity contribution < 1.29 is 38.2 Å². The average molecular weight is 697 g/mol. The van der Waals surface area contributed by atoms with Crippen molar-refractivity contribution >= 4 is 17.9 Å². The number of quaternary nitrogens is 1. The van der Waals surface area contributed by atoms with Crippen LogP contribution in [0.4, 0.5) is 0 Å². The van der Waals surface area contributed by atoms with Gasteiger partial charge in [-0.1, -0.05) is 142 Å². The van der Waals surface area contributed by atoms with Crippen LogP contribution < -0.4 is 0 Å². The number of likely N-dealkylation sites (N-methyl/N-ethyl adjacent to an activating group) is 1. The fourth-order valence-electron chi connectivity index (χ4n) is 5.98. The van der Waals surface area contributed by atoms with Gasteiger partial charge < -0.3 is 23.8 Å². The van der Waals surface area contributed by atoms with E-state index in [9.17, 15) is 19.5 Å². The summed E-state index contributed by atoms with van der Waals surface area (Å²) in [4.78, 5) is 36.8. The van der Waals surface area contributed by atoms with Gasteiger partial charge >= 0.3 is 17.9 Å². The van der Waals surface area contributed by atoms with Crippen molar-refractivity contribution in [3.05, 3.63) is 12.2 Å². The highest BCUT2D eigenvalue weighted by molar-refractivity contribution is 5.72. The molecule has 1 N–H and O–H groups in total. The molecule has 0 bridgehead atoms. The van der Waals surface area contributed by atoms with Crippen LogP contribution in [0.2, 0.25) is 0 Å². The molecule has 0 fully saturated rings. The first-order chi connectivity index (χ1) is 23.6. The van der Waals surface area contributed by atoms with Gasteiger partial charge in [0.15, 0.2) is 12.1 Å². The molecule has 0 spiro atoms. The number of carboxylic acid groups (broad SMARTS) is 1. The third kappa shape index (κ3) is 31.8. The number of nitrogens with zero attached hydrogens (tertiary/aromatic N) is 1. The van der Waals surface area contributed by atoms with Crippen molar-refractivity contribution in [1.82, 2.24) is 0 Å². The van der Waals surface area contributed by atoms with Gasteiger partial charge in [-0.05, 0) is 32.1 Å². The van der Waals surface area contributed by atoms with Crippen LogP contribution in [0.15, 0.2) is 12.2 Å². The van der Waals surface area contributed by atoms with Crippen LogP contribution >= 0.6 is 0 Å². The van der Waals surface area contributed by atoms with E-state index in [1.807, 2.05) is 21.1 Å². The van der Waals surface area contributed by atoms with E-state index < -0.39 is 18.1 Å². The van der Waals surface area contributed by atoms with E-state index in [1.165, 1.54) is 89.9 Å². The summed E-state index contributed by atoms with van der Waals surface area (Å²) in [7, 11) is 5.52. The number of esters is 2. The Kier molecular flexibility index (Phi) is 31.9. The van der Waals surface area contributed by atoms with Crippen LogP contribution in [0.3, 0.4) is 0 Å². The number of allylic oxidation sites excluding steroid dienone is 2. The van der Waals surface area contributed by atoms with E-state index in [4.69, 9.17) is 14.2 Å². The van der Waals surface area contributed by atoms with Gasteiger partial charge in [-0.25, -0.2) is 4.79 Å². The number of hydrogen-bond acceptors (Lipinski definition) is 6. The van der Waals surface area contributed by atoms with E-state index in [0.29, 0.717) is 19.3 Å². The molecule has 0 heterocycles. The quantitative estimate of drug-likeness (QED) is 0.0301. The molecule has 0 aromatic rings. The molecule has 0 aliphatic rings. The second-order valence-corrected chi connectivity index (χ2v) is 14.9. The summed E-state index contributed by atoms with van der Waals surface area (Å²) in [5.41, 5.74) is 0. The summed E-state index contributed by atoms with van der Waals surface area (Å²) in [5, 5.41) is 9.58. The highest BCUT2D eigenvalue weighted by Gasteiger charge is 2.31. The first-order valence-electron chi connectivity index (χ1n) is 20.2. The number of unbranched alkanes of at least 4 members (excludes halogenated alkanes) is 20. The van der Waals surface area contributed by atoms with Crippen LogP contribution in [-0.2, 0) is 28.6 Å². The van der Waals surface area contributed by atoms with Crippen LogP contribution in [0.1, 0.15) is 181 Å². The lowest BCUT2D eigenvalue weighted by molar-refractivity contribution is -0.887. The zero-order valence-corrected chi connectivity index (χ0v) is 32.7. The number of rotatable bonds is 36. The molecular weight excluding hydrogens is 618 g/mol. The van der Waals surface area contributed by atoms with E-state index >= 15 is 0 Å². The standard InChI is InChI=1S/C41H77NO7/c1-6-8-10-12-14-16-18-19-20-21-22-24-25-27-29-31-39(43)48-36-37(35-47-34-33-38(41(45)46)42(3,4)5)49-40(44)32-30-28-26-23-17-15-13-11-9-7-2/h11,13,37-38H,6-10,12,14-36H2,1-5H3/p+1/b13-11-. The number of aliphatic carboxylic acids is 1. The predicted octanol–water partition coefficient (Wildman–Crippen LogP) is 10.4. The molecule has 0 amide bonds. The molecule has 0 aromatic heterocycles. The zero-order chi connectivity index (χ0) is 36.4. The van der Waals surface area contributed by atoms with Crippen LogP contribution in [0, 0.1) is 0 Å². The molecule has 2 atom stereocenters. The van der Waals surface area contributed by atoms with Crippen LogP contribution in [0.5, 0.6) is 0 Å². The topological polar surface area (TPSA) is 99.1 Å². The predicted molar refractivity (Wildman–Crippen MR) is 202 cm³/mol. The number of carbonyl (C=O) groups is 3. The van der Waals surface area contributed by atoms with E-state index in [0.717, 1.165) is 57.8 Å². The maximum absolute atomic E-state index is 12.6. The van der Waals surface area contributed by atoms with Gasteiger partial charge in [-0.3, -0.25) is 9.59 Å². The third-order valence-electron chi connectivity index (χ3n) is 9.15. The van der Waals surface area contributed by atoms with Crippen molar-refractivity contribution in [2.45, 2.75) is 193 Å². The van der Waals surface area contributed by atoms with Gasteiger partial charge in [0.2, 0.25) is 0 Å². The Hall–Kier alpha value is -1.93. The maximum Gasteiger partial charge on any atom is 0.362 e. The van der Waals surface area contributed by atoms with Gasteiger partial charge in [0, 0.05) is 19.3 Å². The fraction of sp³-hybridized carbons (Fsp3) is 0.878. The monoisotopic (exact) mass is 697 g/mol. The minimum Gasteiger partial charge on any atom is -0.477 e. The van der Waals surface area contributed by atoms with Gasteiger partial charge in [-0.2, -0.15) is 0 Å². The Morgan fingerprint density at radius 2 is 1.06 bits per heavy atom. The van der Waals surface area contributed by atoms with Crippen molar-refractivity contribution in [2.75, 3.05) is 41.0 Å². The Morgan fingerprint density at radius 1 is 0.592 bits per heavy atom. The number of ether oxygens (including phenoxy) is 3. The first-order valence-corrected chi connectivity index (χ1v) is 20.2. The molecule has 49 heavy (non-hydrogen) atoms. The average Bonchev–Trinajstić information content (AvgIpc) is 3.05. The van der Waals surface area contributed by atoms with Gasteiger partial charge in [0.25, 0.3) is 0 Å². The molecule has 0 saturated heterocycles. The summed E-state index contributed by atoms with van der Waals surface area (Å²) in [5.74, 6) is -1.47. The molecule has 0 aliphatic heterocycles. The second-order valence-electron chi connectivity index (χ2n) is 14.9. The molecular formula is C41H78NO7+. The van der Waals surface area contributed by atoms with E-state index in [2.05, 4.69) is 26.0 Å². The van der Waals surface area contributed by atoms with Gasteiger partial charge in [0.05, 0.1) is 34.4 Å². The smallest absolute Gasteiger partial charge is 0.362 e. The van der Waals surface area contributed by atoms with Crippen molar-refractivity contribution in [3.8, 4) is 0 Å². The minimum atomic E-state index is -0.875. The lowest BCUT2D eigenvalue weighted by Gasteiger charge is -2.31. The Morgan fingerprint density at radius 3 is 1.55 bits per heavy atom. The minimum absolute atomic E-state index is 0.0491. The molecule has 0 aliphatic carbocycles. The molecule has 0 radical (unpaired) electrons. The molecule has 0 aromatic carbocycles. The molecule has 0 rings (SSSR count). The van der Waals surface area contributed by atoms with Gasteiger partial charge in [-0.15, -0.1) is 0 Å². The lowest BCUT2D eigenvalue weighted by atomic mass is 10.0. The number of hydrogen-bond donors (Lipinski definition) is 1. The Labute approximate surface area is 301 Å². The van der Waals surface area contributed by atoms with E-state index in [1.54, 1.807) is 0 Å². The van der Waals surface area contributed by atoms with Gasteiger partial charge in [0.1, 0.15) is 6.61 Å². The summed E-state index contributed by atoms with van der Waals surface area (Å²) in [6.45, 7) is 4.67. The largest absolute Gasteiger partial charge is 0.477 e. The Bertz CT molecular complexity index is 823. The molecule has 288 valence electrons. The molecule has 8 heteroatoms. The van der Waals surface area contributed by atoms with Crippen molar-refractivity contribution in [1.29, 1.82) is 0 Å². The molecule has 2 unspecified atom stereocenters. The highest BCUT2D eigenvalue weighted by Crippen LogP contribution is 2.15. The summed E-state index contributed by atoms with van der Waals surface area (Å²) in [6.07, 6.45) is 32.5. The summed E-state index contributed by atoms with van der Waals surface area (Å²) < 4.78 is 17.2. The molecule has 8 nitrogen and oxygen atoms in total. The highest BCUT2D eigenvalue weighted by atomic mass is 16.6. The second kappa shape index (κ2) is 33.2. The number of carboxylic acids is 1. The van der Waals surface area contributed by atoms with Crippen LogP contribution in [0.25, 0.3) is 0 Å². The molecule has 0 saturated carbocycles. The normalized spacial score (nSPS) is 13.1. The van der Waals surface area contributed by atoms with Crippen molar-refractivity contribution in [3.63, 3.8) is 0 Å². The van der Waals surface area contributed by atoms with E-state index in [-0.39, 0.29) is 36.2 Å². The first kappa shape index (κ1) is 47.1. The third-order valence-corrected chi connectivity index (χ3v) is 9.15. The summed E-state index contributed by atoms with van der Waals surface area (Å²) >= 11 is 0. The van der Waals surface area contributed by atoms with Crippen molar-refractivity contribution in [2.24, 2.45) is 0 Å². The number of carbonyl (C=O) groups excluding carboxylic acids is 2. The maximum atomic E-state index is 12.6. The fourth-order valence-corrected chi connectivity index (χ4v) is 5.98. The SMILES string of the molecule is CCC/C=C\CCCCCCCC(=O)OC(COCCC(C(=O)O)[N+](C)(C)C)COC(=O)CCCCCCCCCCCCCCCCC. The summed E-state index contributed by atoms with van der Waals surface area (Å²) in [6, 6.07) is -0.610. The zero-order valence-electron chi connectivity index (χ0n) is 32.7. The Balaban J connectivity index is 4.33. The van der Waals surface area contributed by atoms with Crippen LogP contribution in [-0.4, -0.2) is 80.6 Å².